The van der Waals surface area contributed by atoms with Crippen molar-refractivity contribution in [1.29, 1.82) is 0 Å². The summed E-state index contributed by atoms with van der Waals surface area (Å²) in [4.78, 5) is 18.1. The van der Waals surface area contributed by atoms with Crippen LogP contribution in [0.25, 0.3) is 10.2 Å². The van der Waals surface area contributed by atoms with Crippen molar-refractivity contribution >= 4 is 48.9 Å². The summed E-state index contributed by atoms with van der Waals surface area (Å²) in [5.41, 5.74) is 6.10. The van der Waals surface area contributed by atoms with E-state index >= 15 is 0 Å². The van der Waals surface area contributed by atoms with Gasteiger partial charge in [-0.05, 0) is 6.92 Å². The third-order valence-electron chi connectivity index (χ3n) is 3.81. The molecule has 1 saturated heterocycles. The number of hydrogen-bond donors (Lipinski definition) is 2. The number of anilines is 2. The largest absolute Gasteiger partial charge is 0.493 e. The Morgan fingerprint density at radius 2 is 2.12 bits per heavy atom. The molecule has 24 heavy (non-hydrogen) atoms. The fourth-order valence-electron chi connectivity index (χ4n) is 2.61. The predicted molar refractivity (Wildman–Crippen MR) is 93.0 cm³/mol. The number of nitrogen functional groups attached to an aromatic ring is 1. The number of hydrogen-bond acceptors (Lipinski definition) is 8. The summed E-state index contributed by atoms with van der Waals surface area (Å²) in [6.07, 6.45) is 0. The van der Waals surface area contributed by atoms with Crippen LogP contribution < -0.4 is 15.4 Å². The number of aromatic nitrogens is 1. The first-order valence-electron chi connectivity index (χ1n) is 7.37. The van der Waals surface area contributed by atoms with Crippen LogP contribution in [0.2, 0.25) is 0 Å². The molecule has 0 spiro atoms. The molecule has 1 aliphatic rings. The van der Waals surface area contributed by atoms with Gasteiger partial charge in [0.2, 0.25) is 0 Å². The van der Waals surface area contributed by atoms with Crippen LogP contribution in [0.5, 0.6) is 5.75 Å². The van der Waals surface area contributed by atoms with Crippen LogP contribution >= 0.6 is 11.3 Å². The molecule has 0 aromatic carbocycles. The zero-order valence-corrected chi connectivity index (χ0v) is 14.6. The molecule has 130 valence electrons. The SMILES string of the molecule is CCOc1cc(N2CCS(=O)(=O)CC2)nc2sc(C(=O)O)c(N)c12. The lowest BCUT2D eigenvalue weighted by Gasteiger charge is -2.28. The first-order chi connectivity index (χ1) is 11.3. The summed E-state index contributed by atoms with van der Waals surface area (Å²) >= 11 is 0.989. The number of pyridine rings is 1. The molecule has 8 nitrogen and oxygen atoms in total. The quantitative estimate of drug-likeness (QED) is 0.822. The van der Waals surface area contributed by atoms with Crippen LogP contribution in [0.3, 0.4) is 0 Å². The molecular formula is C14H17N3O5S2. The van der Waals surface area contributed by atoms with Crippen LogP contribution in [0.1, 0.15) is 16.6 Å². The molecule has 0 atom stereocenters. The molecular weight excluding hydrogens is 354 g/mol. The zero-order chi connectivity index (χ0) is 17.5. The minimum Gasteiger partial charge on any atom is -0.493 e. The molecule has 3 rings (SSSR count). The summed E-state index contributed by atoms with van der Waals surface area (Å²) in [6, 6.07) is 1.69. The second kappa shape index (κ2) is 6.10. The Morgan fingerprint density at radius 3 is 2.71 bits per heavy atom. The highest BCUT2D eigenvalue weighted by atomic mass is 32.2. The van der Waals surface area contributed by atoms with Gasteiger partial charge in [0.05, 0.1) is 29.2 Å². The van der Waals surface area contributed by atoms with Gasteiger partial charge in [-0.3, -0.25) is 0 Å². The Kier molecular flexibility index (Phi) is 4.26. The minimum absolute atomic E-state index is 0.0248. The highest BCUT2D eigenvalue weighted by Gasteiger charge is 2.25. The van der Waals surface area contributed by atoms with Crippen molar-refractivity contribution in [2.45, 2.75) is 6.92 Å². The monoisotopic (exact) mass is 371 g/mol. The minimum atomic E-state index is -3.00. The van der Waals surface area contributed by atoms with Gasteiger partial charge in [-0.2, -0.15) is 0 Å². The first kappa shape index (κ1) is 16.8. The number of carboxylic acid groups (broad SMARTS) is 1. The topological polar surface area (TPSA) is 123 Å². The Balaban J connectivity index is 2.09. The van der Waals surface area contributed by atoms with Gasteiger partial charge in [0.15, 0.2) is 9.84 Å². The van der Waals surface area contributed by atoms with E-state index < -0.39 is 15.8 Å². The van der Waals surface area contributed by atoms with E-state index in [1.165, 1.54) is 0 Å². The van der Waals surface area contributed by atoms with Crippen molar-refractivity contribution in [2.75, 3.05) is 41.8 Å². The average Bonchev–Trinajstić information content (AvgIpc) is 2.85. The molecule has 0 unspecified atom stereocenters. The number of carbonyl (C=O) groups is 1. The Hall–Kier alpha value is -2.07. The Morgan fingerprint density at radius 1 is 1.46 bits per heavy atom. The highest BCUT2D eigenvalue weighted by molar-refractivity contribution is 7.91. The summed E-state index contributed by atoms with van der Waals surface area (Å²) in [7, 11) is -3.00. The van der Waals surface area contributed by atoms with Crippen molar-refractivity contribution in [3.63, 3.8) is 0 Å². The van der Waals surface area contributed by atoms with Gasteiger partial charge in [-0.15, -0.1) is 11.3 Å². The number of nitrogens with two attached hydrogens (primary N) is 1. The predicted octanol–water partition coefficient (Wildman–Crippen LogP) is 1.21. The molecule has 0 saturated carbocycles. The smallest absolute Gasteiger partial charge is 0.348 e. The Bertz CT molecular complexity index is 893. The molecule has 3 N–H and O–H groups in total. The molecule has 1 fully saturated rings. The molecule has 2 aromatic rings. The van der Waals surface area contributed by atoms with Gasteiger partial charge in [0.1, 0.15) is 21.3 Å². The number of aromatic carboxylic acids is 1. The van der Waals surface area contributed by atoms with E-state index in [0.29, 0.717) is 41.5 Å². The molecule has 0 aliphatic carbocycles. The summed E-state index contributed by atoms with van der Waals surface area (Å²) < 4.78 is 28.8. The normalized spacial score (nSPS) is 17.1. The molecule has 10 heteroatoms. The molecule has 1 aliphatic heterocycles. The number of fused-ring (bicyclic) bond motifs is 1. The molecule has 0 bridgehead atoms. The van der Waals surface area contributed by atoms with Crippen LogP contribution in [-0.4, -0.2) is 55.7 Å². The van der Waals surface area contributed by atoms with Crippen LogP contribution in [-0.2, 0) is 9.84 Å². The van der Waals surface area contributed by atoms with E-state index in [1.54, 1.807) is 6.07 Å². The highest BCUT2D eigenvalue weighted by Crippen LogP contribution is 2.40. The van der Waals surface area contributed by atoms with E-state index in [-0.39, 0.29) is 22.1 Å². The zero-order valence-electron chi connectivity index (χ0n) is 13.0. The number of carboxylic acids is 1. The van der Waals surface area contributed by atoms with Gasteiger partial charge in [0.25, 0.3) is 0 Å². The van der Waals surface area contributed by atoms with Gasteiger partial charge in [-0.1, -0.05) is 0 Å². The Labute approximate surface area is 142 Å². The van der Waals surface area contributed by atoms with Gasteiger partial charge in [-0.25, -0.2) is 18.2 Å². The molecule has 3 heterocycles. The maximum absolute atomic E-state index is 11.6. The van der Waals surface area contributed by atoms with Gasteiger partial charge < -0.3 is 20.5 Å². The fraction of sp³-hybridized carbons (Fsp3) is 0.429. The summed E-state index contributed by atoms with van der Waals surface area (Å²) in [6.45, 7) is 2.91. The van der Waals surface area contributed by atoms with Crippen molar-refractivity contribution in [3.8, 4) is 5.75 Å². The lowest BCUT2D eigenvalue weighted by Crippen LogP contribution is -2.40. The van der Waals surface area contributed by atoms with E-state index in [2.05, 4.69) is 4.98 Å². The van der Waals surface area contributed by atoms with E-state index in [4.69, 9.17) is 10.5 Å². The third kappa shape index (κ3) is 2.98. The second-order valence-electron chi connectivity index (χ2n) is 5.38. The number of rotatable bonds is 4. The van der Waals surface area contributed by atoms with Crippen molar-refractivity contribution in [1.82, 2.24) is 4.98 Å². The van der Waals surface area contributed by atoms with Crippen molar-refractivity contribution < 1.29 is 23.1 Å². The van der Waals surface area contributed by atoms with E-state index in [0.717, 1.165) is 11.3 Å². The van der Waals surface area contributed by atoms with Crippen LogP contribution in [0, 0.1) is 0 Å². The van der Waals surface area contributed by atoms with E-state index in [9.17, 15) is 18.3 Å². The number of ether oxygens (including phenoxy) is 1. The summed E-state index contributed by atoms with van der Waals surface area (Å²) in [5.74, 6) is 0.0718. The maximum Gasteiger partial charge on any atom is 0.348 e. The van der Waals surface area contributed by atoms with Gasteiger partial charge >= 0.3 is 5.97 Å². The molecule has 0 radical (unpaired) electrons. The van der Waals surface area contributed by atoms with Crippen LogP contribution in [0.15, 0.2) is 6.07 Å². The van der Waals surface area contributed by atoms with Crippen molar-refractivity contribution in [3.05, 3.63) is 10.9 Å². The number of thiophene rings is 1. The lowest BCUT2D eigenvalue weighted by atomic mass is 10.2. The standard InChI is InChI=1S/C14H17N3O5S2/c1-2-22-8-7-9(17-3-5-24(20,21)6-4-17)16-13-10(8)11(15)12(23-13)14(18)19/h7H,2-6,15H2,1H3,(H,18,19). The van der Waals surface area contributed by atoms with Crippen molar-refractivity contribution in [2.24, 2.45) is 0 Å². The molecule has 0 amide bonds. The number of nitrogens with zero attached hydrogens (tertiary/aromatic N) is 2. The van der Waals surface area contributed by atoms with Gasteiger partial charge in [0, 0.05) is 19.2 Å². The number of sulfone groups is 1. The molecule has 2 aromatic heterocycles. The average molecular weight is 371 g/mol. The lowest BCUT2D eigenvalue weighted by molar-refractivity contribution is 0.0703. The van der Waals surface area contributed by atoms with Crippen LogP contribution in [0.4, 0.5) is 11.5 Å². The fourth-order valence-corrected chi connectivity index (χ4v) is 4.75. The maximum atomic E-state index is 11.6. The van der Waals surface area contributed by atoms with E-state index in [1.807, 2.05) is 11.8 Å². The second-order valence-corrected chi connectivity index (χ2v) is 8.68. The first-order valence-corrected chi connectivity index (χ1v) is 10.0. The third-order valence-corrected chi connectivity index (χ3v) is 6.51. The summed E-state index contributed by atoms with van der Waals surface area (Å²) in [5, 5.41) is 9.74.